The third kappa shape index (κ3) is 2.76. The van der Waals surface area contributed by atoms with Crippen LogP contribution in [0.2, 0.25) is 0 Å². The molecule has 4 rings (SSSR count). The lowest BCUT2D eigenvalue weighted by molar-refractivity contribution is 0.0720. The third-order valence-corrected chi connectivity index (χ3v) is 5.32. The van der Waals surface area contributed by atoms with E-state index in [4.69, 9.17) is 5.73 Å². The van der Waals surface area contributed by atoms with Crippen molar-refractivity contribution in [2.75, 3.05) is 18.4 Å². The van der Waals surface area contributed by atoms with Crippen LogP contribution < -0.4 is 11.1 Å². The van der Waals surface area contributed by atoms with Crippen molar-refractivity contribution >= 4 is 39.7 Å². The minimum atomic E-state index is 0.0822. The Morgan fingerprint density at radius 1 is 1.29 bits per heavy atom. The molecule has 1 amide bonds. The number of amides is 1. The minimum absolute atomic E-state index is 0.0822. The van der Waals surface area contributed by atoms with Crippen LogP contribution in [0.1, 0.15) is 22.5 Å². The highest BCUT2D eigenvalue weighted by Gasteiger charge is 2.24. The van der Waals surface area contributed by atoms with Crippen molar-refractivity contribution in [3.05, 3.63) is 40.8 Å². The van der Waals surface area contributed by atoms with Gasteiger partial charge in [0.25, 0.3) is 5.91 Å². The van der Waals surface area contributed by atoms with Gasteiger partial charge in [0, 0.05) is 36.9 Å². The lowest BCUT2D eigenvalue weighted by atomic mass is 10.1. The number of nitrogens with zero attached hydrogens (tertiary/aromatic N) is 2. The Morgan fingerprint density at radius 3 is 2.96 bits per heavy atom. The molecule has 0 aromatic carbocycles. The first-order valence-corrected chi connectivity index (χ1v) is 8.92. The second-order valence-electron chi connectivity index (χ2n) is 6.02. The Hall–Kier alpha value is -2.38. The molecule has 7 heteroatoms. The van der Waals surface area contributed by atoms with Gasteiger partial charge in [-0.25, -0.2) is 4.98 Å². The molecular weight excluding hydrogens is 322 g/mol. The average Bonchev–Trinajstić information content (AvgIpc) is 3.24. The van der Waals surface area contributed by atoms with Crippen molar-refractivity contribution in [1.29, 1.82) is 0 Å². The predicted octanol–water partition coefficient (Wildman–Crippen LogP) is 2.93. The number of nitrogens with one attached hydrogen (secondary N) is 2. The first-order valence-electron chi connectivity index (χ1n) is 8.04. The molecule has 0 bridgehead atoms. The molecule has 1 aliphatic rings. The number of carbonyl (C=O) groups is 1. The molecule has 0 unspecified atom stereocenters. The summed E-state index contributed by atoms with van der Waals surface area (Å²) in [6.45, 7) is 1.46. The lowest BCUT2D eigenvalue weighted by Crippen LogP contribution is -2.42. The predicted molar refractivity (Wildman–Crippen MR) is 96.8 cm³/mol. The summed E-state index contributed by atoms with van der Waals surface area (Å²) < 4.78 is 0. The minimum Gasteiger partial charge on any atom is -0.354 e. The van der Waals surface area contributed by atoms with Crippen LogP contribution in [0, 0.1) is 0 Å². The maximum Gasteiger partial charge on any atom is 0.266 e. The van der Waals surface area contributed by atoms with E-state index in [0.717, 1.165) is 53.2 Å². The van der Waals surface area contributed by atoms with Crippen molar-refractivity contribution in [3.63, 3.8) is 0 Å². The molecule has 3 aromatic heterocycles. The molecule has 6 nitrogen and oxygen atoms in total. The van der Waals surface area contributed by atoms with Gasteiger partial charge < -0.3 is 20.9 Å². The molecule has 1 saturated heterocycles. The normalized spacial score (nSPS) is 15.8. The number of thiophene rings is 1. The Bertz CT molecular complexity index is 863. The Balaban J connectivity index is 1.58. The van der Waals surface area contributed by atoms with Gasteiger partial charge in [0.05, 0.1) is 11.4 Å². The fourth-order valence-corrected chi connectivity index (χ4v) is 3.85. The van der Waals surface area contributed by atoms with Crippen LogP contribution in [-0.2, 0) is 0 Å². The third-order valence-electron chi connectivity index (χ3n) is 4.42. The number of anilines is 2. The van der Waals surface area contributed by atoms with Gasteiger partial charge in [-0.2, -0.15) is 0 Å². The fourth-order valence-electron chi connectivity index (χ4n) is 3.03. The van der Waals surface area contributed by atoms with Crippen molar-refractivity contribution in [3.8, 4) is 0 Å². The van der Waals surface area contributed by atoms with Crippen molar-refractivity contribution in [1.82, 2.24) is 14.9 Å². The van der Waals surface area contributed by atoms with Crippen LogP contribution in [0.15, 0.2) is 36.0 Å². The van der Waals surface area contributed by atoms with E-state index in [0.29, 0.717) is 0 Å². The van der Waals surface area contributed by atoms with Crippen LogP contribution >= 0.6 is 11.3 Å². The van der Waals surface area contributed by atoms with Crippen LogP contribution in [0.25, 0.3) is 11.0 Å². The van der Waals surface area contributed by atoms with Gasteiger partial charge in [-0.1, -0.05) is 0 Å². The first kappa shape index (κ1) is 15.2. The van der Waals surface area contributed by atoms with Crippen molar-refractivity contribution in [2.24, 2.45) is 5.73 Å². The van der Waals surface area contributed by atoms with E-state index < -0.39 is 0 Å². The molecular formula is C17H19N5OS. The maximum atomic E-state index is 12.8. The molecule has 0 saturated carbocycles. The second-order valence-corrected chi connectivity index (χ2v) is 6.93. The molecule has 0 aliphatic carbocycles. The van der Waals surface area contributed by atoms with Crippen molar-refractivity contribution in [2.45, 2.75) is 18.9 Å². The van der Waals surface area contributed by atoms with E-state index in [1.165, 1.54) is 11.3 Å². The van der Waals surface area contributed by atoms with Gasteiger partial charge in [-0.05, 0) is 36.4 Å². The molecule has 1 aliphatic heterocycles. The first-order chi connectivity index (χ1) is 11.7. The summed E-state index contributed by atoms with van der Waals surface area (Å²) in [4.78, 5) is 22.9. The van der Waals surface area contributed by atoms with E-state index in [9.17, 15) is 4.79 Å². The summed E-state index contributed by atoms with van der Waals surface area (Å²) in [5.41, 5.74) is 8.54. The van der Waals surface area contributed by atoms with E-state index in [2.05, 4.69) is 15.3 Å². The number of rotatable bonds is 3. The Morgan fingerprint density at radius 2 is 2.12 bits per heavy atom. The fraction of sp³-hybridized carbons (Fsp3) is 0.294. The molecule has 124 valence electrons. The largest absolute Gasteiger partial charge is 0.354 e. The lowest BCUT2D eigenvalue weighted by Gasteiger charge is -2.30. The summed E-state index contributed by atoms with van der Waals surface area (Å²) >= 11 is 1.47. The number of fused-ring (bicyclic) bond motifs is 1. The van der Waals surface area contributed by atoms with Crippen LogP contribution in [-0.4, -0.2) is 39.9 Å². The smallest absolute Gasteiger partial charge is 0.266 e. The van der Waals surface area contributed by atoms with E-state index in [1.54, 1.807) is 6.20 Å². The number of piperidine rings is 1. The van der Waals surface area contributed by atoms with Crippen molar-refractivity contribution < 1.29 is 4.79 Å². The standard InChI is InChI=1S/C17H19N5OS/c18-11-3-8-22(9-4-11)17(23)15-14(5-10-24-15)21-13-2-7-20-16-12(13)1-6-19-16/h1-2,5-7,10-11H,3-4,8-9,18H2,(H2,19,20,21). The zero-order valence-corrected chi connectivity index (χ0v) is 14.0. The molecule has 24 heavy (non-hydrogen) atoms. The number of pyridine rings is 1. The maximum absolute atomic E-state index is 12.8. The second kappa shape index (κ2) is 6.26. The van der Waals surface area contributed by atoms with E-state index in [1.807, 2.05) is 34.7 Å². The SMILES string of the molecule is NC1CCN(C(=O)c2sccc2Nc2ccnc3[nH]ccc23)CC1. The van der Waals surface area contributed by atoms with Crippen LogP contribution in [0.3, 0.4) is 0 Å². The molecule has 0 atom stereocenters. The van der Waals surface area contributed by atoms with E-state index >= 15 is 0 Å². The summed E-state index contributed by atoms with van der Waals surface area (Å²) in [6.07, 6.45) is 5.35. The number of H-pyrrole nitrogens is 1. The molecule has 1 fully saturated rings. The van der Waals surface area contributed by atoms with Gasteiger partial charge >= 0.3 is 0 Å². The van der Waals surface area contributed by atoms with Gasteiger partial charge in [0.15, 0.2) is 0 Å². The number of likely N-dealkylation sites (tertiary alicyclic amines) is 1. The number of aromatic amines is 1. The van der Waals surface area contributed by atoms with Gasteiger partial charge in [-0.15, -0.1) is 11.3 Å². The molecule has 4 N–H and O–H groups in total. The zero-order chi connectivity index (χ0) is 16.5. The summed E-state index contributed by atoms with van der Waals surface area (Å²) in [7, 11) is 0. The zero-order valence-electron chi connectivity index (χ0n) is 13.2. The van der Waals surface area contributed by atoms with E-state index in [-0.39, 0.29) is 11.9 Å². The van der Waals surface area contributed by atoms with Gasteiger partial charge in [0.1, 0.15) is 10.5 Å². The number of aromatic nitrogens is 2. The highest BCUT2D eigenvalue weighted by atomic mass is 32.1. The van der Waals surface area contributed by atoms with Gasteiger partial charge in [-0.3, -0.25) is 4.79 Å². The molecule has 3 aromatic rings. The summed E-state index contributed by atoms with van der Waals surface area (Å²) in [5.74, 6) is 0.0822. The van der Waals surface area contributed by atoms with Crippen LogP contribution in [0.5, 0.6) is 0 Å². The Labute approximate surface area is 143 Å². The number of nitrogens with two attached hydrogens (primary N) is 1. The number of hydrogen-bond acceptors (Lipinski definition) is 5. The Kier molecular flexibility index (Phi) is 3.95. The number of hydrogen-bond donors (Lipinski definition) is 3. The molecule has 0 radical (unpaired) electrons. The average molecular weight is 341 g/mol. The quantitative estimate of drug-likeness (QED) is 0.683. The monoisotopic (exact) mass is 341 g/mol. The molecule has 4 heterocycles. The van der Waals surface area contributed by atoms with Crippen LogP contribution in [0.4, 0.5) is 11.4 Å². The highest BCUT2D eigenvalue weighted by molar-refractivity contribution is 7.12. The molecule has 0 spiro atoms. The number of carbonyl (C=O) groups excluding carboxylic acids is 1. The van der Waals surface area contributed by atoms with Gasteiger partial charge in [0.2, 0.25) is 0 Å². The topological polar surface area (TPSA) is 87.0 Å². The summed E-state index contributed by atoms with van der Waals surface area (Å²) in [6, 6.07) is 6.06. The highest BCUT2D eigenvalue weighted by Crippen LogP contribution is 2.30. The summed E-state index contributed by atoms with van der Waals surface area (Å²) in [5, 5.41) is 6.34.